The summed E-state index contributed by atoms with van der Waals surface area (Å²) in [7, 11) is 0. The molecule has 3 fully saturated rings. The van der Waals surface area contributed by atoms with Crippen molar-refractivity contribution < 1.29 is 9.90 Å². The second-order valence-corrected chi connectivity index (χ2v) is 9.43. The Balaban J connectivity index is 1.22. The zero-order chi connectivity index (χ0) is 20.1. The fourth-order valence-electron chi connectivity index (χ4n) is 5.23. The van der Waals surface area contributed by atoms with Crippen LogP contribution in [-0.4, -0.2) is 71.2 Å². The van der Waals surface area contributed by atoms with E-state index in [0.29, 0.717) is 12.6 Å². The average molecular weight is 401 g/mol. The van der Waals surface area contributed by atoms with Crippen LogP contribution in [0, 0.1) is 11.3 Å². The largest absolute Gasteiger partial charge is 0.396 e. The van der Waals surface area contributed by atoms with E-state index in [1.165, 1.54) is 24.8 Å². The lowest BCUT2D eigenvalue weighted by Crippen LogP contribution is -2.52. The normalized spacial score (nSPS) is 26.0. The lowest BCUT2D eigenvalue weighted by atomic mass is 9.69. The zero-order valence-electron chi connectivity index (χ0n) is 17.6. The van der Waals surface area contributed by atoms with Gasteiger partial charge in [-0.15, -0.1) is 0 Å². The number of nitrogens with zero attached hydrogens (tertiary/aromatic N) is 3. The molecule has 1 saturated carbocycles. The Labute approximate surface area is 174 Å². The summed E-state index contributed by atoms with van der Waals surface area (Å²) in [6.07, 6.45) is 11.5. The SMILES string of the molecule is O=C(NCC1(CO)CCC1)C1CCCN(C2CCN(Cc3cccnc3)CC2)C1. The summed E-state index contributed by atoms with van der Waals surface area (Å²) < 4.78 is 0. The monoisotopic (exact) mass is 400 g/mol. The van der Waals surface area contributed by atoms with Gasteiger partial charge in [0, 0.05) is 43.5 Å². The molecule has 1 atom stereocenters. The molecule has 6 heteroatoms. The number of hydrogen-bond acceptors (Lipinski definition) is 5. The fourth-order valence-corrected chi connectivity index (χ4v) is 5.23. The van der Waals surface area contributed by atoms with Gasteiger partial charge in [-0.3, -0.25) is 19.6 Å². The molecular weight excluding hydrogens is 364 g/mol. The highest BCUT2D eigenvalue weighted by Crippen LogP contribution is 2.39. The molecule has 4 rings (SSSR count). The molecule has 1 aliphatic carbocycles. The van der Waals surface area contributed by atoms with Crippen LogP contribution < -0.4 is 5.32 Å². The molecule has 0 radical (unpaired) electrons. The lowest BCUT2D eigenvalue weighted by Gasteiger charge is -2.43. The molecule has 6 nitrogen and oxygen atoms in total. The van der Waals surface area contributed by atoms with Crippen LogP contribution >= 0.6 is 0 Å². The number of piperidine rings is 2. The topological polar surface area (TPSA) is 68.7 Å². The van der Waals surface area contributed by atoms with Gasteiger partial charge in [0.1, 0.15) is 0 Å². The molecule has 0 aromatic carbocycles. The number of aliphatic hydroxyl groups excluding tert-OH is 1. The van der Waals surface area contributed by atoms with E-state index < -0.39 is 0 Å². The van der Waals surface area contributed by atoms with Gasteiger partial charge in [-0.2, -0.15) is 0 Å². The van der Waals surface area contributed by atoms with E-state index in [1.54, 1.807) is 0 Å². The first-order valence-corrected chi connectivity index (χ1v) is 11.4. The molecular formula is C23H36N4O2. The lowest BCUT2D eigenvalue weighted by molar-refractivity contribution is -0.128. The van der Waals surface area contributed by atoms with Gasteiger partial charge in [0.15, 0.2) is 0 Å². The highest BCUT2D eigenvalue weighted by molar-refractivity contribution is 5.79. The fraction of sp³-hybridized carbons (Fsp3) is 0.739. The molecule has 1 aromatic heterocycles. The molecule has 3 heterocycles. The van der Waals surface area contributed by atoms with E-state index >= 15 is 0 Å². The van der Waals surface area contributed by atoms with Crippen LogP contribution in [0.25, 0.3) is 0 Å². The number of rotatable bonds is 7. The molecule has 1 aromatic rings. The maximum Gasteiger partial charge on any atom is 0.224 e. The molecule has 0 bridgehead atoms. The predicted molar refractivity (Wildman–Crippen MR) is 113 cm³/mol. The van der Waals surface area contributed by atoms with Crippen molar-refractivity contribution in [3.8, 4) is 0 Å². The molecule has 2 N–H and O–H groups in total. The molecule has 3 aliphatic rings. The third kappa shape index (κ3) is 5.16. The summed E-state index contributed by atoms with van der Waals surface area (Å²) in [5.74, 6) is 0.302. The first kappa shape index (κ1) is 20.8. The number of pyridine rings is 1. The highest BCUT2D eigenvalue weighted by atomic mass is 16.3. The van der Waals surface area contributed by atoms with Gasteiger partial charge in [0.05, 0.1) is 12.5 Å². The number of nitrogens with one attached hydrogen (secondary N) is 1. The number of carbonyl (C=O) groups excluding carboxylic acids is 1. The van der Waals surface area contributed by atoms with Crippen molar-refractivity contribution >= 4 is 5.91 Å². The number of likely N-dealkylation sites (tertiary alicyclic amines) is 2. The average Bonchev–Trinajstić information content (AvgIpc) is 2.74. The third-order valence-electron chi connectivity index (χ3n) is 7.41. The molecule has 29 heavy (non-hydrogen) atoms. The van der Waals surface area contributed by atoms with Crippen LogP contribution in [0.3, 0.4) is 0 Å². The van der Waals surface area contributed by atoms with Crippen molar-refractivity contribution in [3.05, 3.63) is 30.1 Å². The Morgan fingerprint density at radius 1 is 1.21 bits per heavy atom. The Bertz CT molecular complexity index is 651. The van der Waals surface area contributed by atoms with Crippen LogP contribution in [0.15, 0.2) is 24.5 Å². The number of carbonyl (C=O) groups is 1. The van der Waals surface area contributed by atoms with E-state index in [0.717, 1.165) is 58.4 Å². The van der Waals surface area contributed by atoms with Crippen molar-refractivity contribution in [1.29, 1.82) is 0 Å². The van der Waals surface area contributed by atoms with Gasteiger partial charge in [-0.25, -0.2) is 0 Å². The summed E-state index contributed by atoms with van der Waals surface area (Å²) in [4.78, 5) is 22.1. The minimum atomic E-state index is -0.0366. The van der Waals surface area contributed by atoms with Crippen molar-refractivity contribution in [2.45, 2.75) is 57.5 Å². The van der Waals surface area contributed by atoms with Gasteiger partial charge in [0.25, 0.3) is 0 Å². The Morgan fingerprint density at radius 3 is 2.69 bits per heavy atom. The van der Waals surface area contributed by atoms with Gasteiger partial charge in [0.2, 0.25) is 5.91 Å². The van der Waals surface area contributed by atoms with Gasteiger partial charge >= 0.3 is 0 Å². The number of amides is 1. The highest BCUT2D eigenvalue weighted by Gasteiger charge is 2.38. The molecule has 2 saturated heterocycles. The quantitative estimate of drug-likeness (QED) is 0.733. The maximum atomic E-state index is 12.8. The number of hydrogen-bond donors (Lipinski definition) is 2. The number of aromatic nitrogens is 1. The Morgan fingerprint density at radius 2 is 2.03 bits per heavy atom. The minimum absolute atomic E-state index is 0.0366. The van der Waals surface area contributed by atoms with Crippen LogP contribution in [-0.2, 0) is 11.3 Å². The van der Waals surface area contributed by atoms with E-state index in [9.17, 15) is 9.90 Å². The Hall–Kier alpha value is -1.50. The molecule has 2 aliphatic heterocycles. The summed E-state index contributed by atoms with van der Waals surface area (Å²) in [5, 5.41) is 12.8. The van der Waals surface area contributed by atoms with E-state index in [2.05, 4.69) is 26.2 Å². The second kappa shape index (κ2) is 9.54. The molecule has 160 valence electrons. The van der Waals surface area contributed by atoms with Crippen molar-refractivity contribution in [2.75, 3.05) is 39.3 Å². The second-order valence-electron chi connectivity index (χ2n) is 9.43. The predicted octanol–water partition coefficient (Wildman–Crippen LogP) is 2.04. The maximum absolute atomic E-state index is 12.8. The van der Waals surface area contributed by atoms with Crippen molar-refractivity contribution in [3.63, 3.8) is 0 Å². The van der Waals surface area contributed by atoms with E-state index in [4.69, 9.17) is 0 Å². The summed E-state index contributed by atoms with van der Waals surface area (Å²) in [6, 6.07) is 4.76. The minimum Gasteiger partial charge on any atom is -0.396 e. The molecule has 1 unspecified atom stereocenters. The summed E-state index contributed by atoms with van der Waals surface area (Å²) in [6.45, 7) is 6.08. The molecule has 0 spiro atoms. The van der Waals surface area contributed by atoms with E-state index in [1.807, 2.05) is 18.5 Å². The van der Waals surface area contributed by atoms with Gasteiger partial charge < -0.3 is 10.4 Å². The van der Waals surface area contributed by atoms with Crippen molar-refractivity contribution in [2.24, 2.45) is 11.3 Å². The first-order valence-electron chi connectivity index (χ1n) is 11.4. The summed E-state index contributed by atoms with van der Waals surface area (Å²) >= 11 is 0. The van der Waals surface area contributed by atoms with Gasteiger partial charge in [-0.05, 0) is 69.8 Å². The van der Waals surface area contributed by atoms with Gasteiger partial charge in [-0.1, -0.05) is 12.5 Å². The number of aliphatic hydroxyl groups is 1. The van der Waals surface area contributed by atoms with Crippen molar-refractivity contribution in [1.82, 2.24) is 20.1 Å². The zero-order valence-corrected chi connectivity index (χ0v) is 17.6. The molecule has 1 amide bonds. The van der Waals surface area contributed by atoms with Crippen LogP contribution in [0.4, 0.5) is 0 Å². The standard InChI is InChI=1S/C23H36N4O2/c28-18-23(8-3-9-23)17-25-22(29)20-5-2-11-27(16-20)21-6-12-26(13-7-21)15-19-4-1-10-24-14-19/h1,4,10,14,20-21,28H,2-3,5-9,11-13,15-18H2,(H,25,29). The van der Waals surface area contributed by atoms with Crippen LogP contribution in [0.5, 0.6) is 0 Å². The Kier molecular flexibility index (Phi) is 6.83. The van der Waals surface area contributed by atoms with Crippen LogP contribution in [0.1, 0.15) is 50.5 Å². The van der Waals surface area contributed by atoms with E-state index in [-0.39, 0.29) is 23.8 Å². The summed E-state index contributed by atoms with van der Waals surface area (Å²) in [5.41, 5.74) is 1.25. The smallest absolute Gasteiger partial charge is 0.224 e. The van der Waals surface area contributed by atoms with Crippen LogP contribution in [0.2, 0.25) is 0 Å². The third-order valence-corrected chi connectivity index (χ3v) is 7.41. The first-order chi connectivity index (χ1) is 14.2.